The largest absolute Gasteiger partial charge is 0.481 e. The zero-order valence-corrected chi connectivity index (χ0v) is 13.2. The van der Waals surface area contributed by atoms with Crippen LogP contribution in [0.1, 0.15) is 12.8 Å². The molecule has 0 bridgehead atoms. The molecular formula is C14H17N3O5S. The van der Waals surface area contributed by atoms with Crippen LogP contribution < -0.4 is 0 Å². The third-order valence-corrected chi connectivity index (χ3v) is 5.37. The molecule has 0 aromatic carbocycles. The van der Waals surface area contributed by atoms with Crippen molar-refractivity contribution < 1.29 is 23.1 Å². The summed E-state index contributed by atoms with van der Waals surface area (Å²) >= 11 is 0. The van der Waals surface area contributed by atoms with Crippen molar-refractivity contribution in [2.24, 2.45) is 10.3 Å². The molecule has 0 unspecified atom stereocenters. The van der Waals surface area contributed by atoms with E-state index < -0.39 is 16.0 Å². The first kappa shape index (κ1) is 15.7. The van der Waals surface area contributed by atoms with Gasteiger partial charge in [0.1, 0.15) is 5.84 Å². The van der Waals surface area contributed by atoms with Crippen molar-refractivity contribution in [2.75, 3.05) is 25.4 Å². The highest BCUT2D eigenvalue weighted by atomic mass is 32.2. The minimum absolute atomic E-state index is 0.0771. The predicted molar refractivity (Wildman–Crippen MR) is 82.1 cm³/mol. The lowest BCUT2D eigenvalue weighted by atomic mass is 9.96. The summed E-state index contributed by atoms with van der Waals surface area (Å²) in [6, 6.07) is 0. The highest BCUT2D eigenvalue weighted by Crippen LogP contribution is 2.21. The van der Waals surface area contributed by atoms with E-state index in [2.05, 4.69) is 4.40 Å². The number of aliphatic carboxylic acids is 1. The van der Waals surface area contributed by atoms with Gasteiger partial charge in [0.2, 0.25) is 0 Å². The molecule has 1 saturated heterocycles. The van der Waals surface area contributed by atoms with Crippen molar-refractivity contribution >= 4 is 27.7 Å². The van der Waals surface area contributed by atoms with Crippen LogP contribution in [-0.2, 0) is 19.6 Å². The second kappa shape index (κ2) is 5.80. The average Bonchev–Trinajstić information content (AvgIpc) is 2.53. The maximum absolute atomic E-state index is 12.5. The topological polar surface area (TPSA) is 107 Å². The number of piperidine rings is 1. The molecule has 1 fully saturated rings. The summed E-state index contributed by atoms with van der Waals surface area (Å²) in [5.41, 5.74) is 0.456. The molecule has 0 saturated carbocycles. The van der Waals surface area contributed by atoms with E-state index in [1.54, 1.807) is 22.1 Å². The molecule has 9 heteroatoms. The molecule has 0 radical (unpaired) electrons. The van der Waals surface area contributed by atoms with E-state index >= 15 is 0 Å². The summed E-state index contributed by atoms with van der Waals surface area (Å²) in [6.45, 7) is 1.09. The molecule has 23 heavy (non-hydrogen) atoms. The van der Waals surface area contributed by atoms with Gasteiger partial charge in [-0.25, -0.2) is 8.42 Å². The van der Waals surface area contributed by atoms with Crippen LogP contribution in [-0.4, -0.2) is 66.4 Å². The monoisotopic (exact) mass is 339 g/mol. The zero-order chi connectivity index (χ0) is 16.6. The summed E-state index contributed by atoms with van der Waals surface area (Å²) in [5.74, 6) is -1.13. The predicted octanol–water partition coefficient (Wildman–Crippen LogP) is -0.193. The van der Waals surface area contributed by atoms with E-state index in [9.17, 15) is 18.0 Å². The number of hydrogen-bond donors (Lipinski definition) is 1. The molecule has 0 aromatic rings. The number of carboxylic acid groups (broad SMARTS) is 1. The summed E-state index contributed by atoms with van der Waals surface area (Å²) in [7, 11) is -3.41. The highest BCUT2D eigenvalue weighted by molar-refractivity contribution is 7.90. The number of nitrogens with zero attached hydrogens (tertiary/aromatic N) is 3. The van der Waals surface area contributed by atoms with Crippen LogP contribution in [0.25, 0.3) is 0 Å². The number of carbonyl (C=O) groups is 2. The minimum atomic E-state index is -3.41. The molecule has 3 heterocycles. The van der Waals surface area contributed by atoms with Crippen LogP contribution in [0.4, 0.5) is 0 Å². The minimum Gasteiger partial charge on any atom is -0.481 e. The third kappa shape index (κ3) is 3.29. The molecule has 0 atom stereocenters. The van der Waals surface area contributed by atoms with Gasteiger partial charge in [-0.15, -0.1) is 4.40 Å². The van der Waals surface area contributed by atoms with E-state index in [0.29, 0.717) is 37.3 Å². The molecule has 1 N–H and O–H groups in total. The molecule has 8 nitrogen and oxygen atoms in total. The van der Waals surface area contributed by atoms with E-state index in [4.69, 9.17) is 5.11 Å². The van der Waals surface area contributed by atoms with Gasteiger partial charge in [-0.1, -0.05) is 0 Å². The Balaban J connectivity index is 1.70. The Hall–Kier alpha value is -2.16. The second-order valence-electron chi connectivity index (χ2n) is 5.75. The molecular weight excluding hydrogens is 322 g/mol. The number of carbonyl (C=O) groups excluding carboxylic acids is 1. The van der Waals surface area contributed by atoms with Crippen molar-refractivity contribution in [1.29, 1.82) is 0 Å². The number of fused-ring (bicyclic) bond motifs is 1. The van der Waals surface area contributed by atoms with Gasteiger partial charge in [-0.2, -0.15) is 0 Å². The number of amidine groups is 1. The highest BCUT2D eigenvalue weighted by Gasteiger charge is 2.30. The Morgan fingerprint density at radius 1 is 1.17 bits per heavy atom. The number of amides is 1. The smallest absolute Gasteiger partial charge is 0.306 e. The summed E-state index contributed by atoms with van der Waals surface area (Å²) in [5, 5.41) is 8.99. The number of rotatable bonds is 2. The number of hydrogen-bond acceptors (Lipinski definition) is 5. The Kier molecular flexibility index (Phi) is 3.97. The van der Waals surface area contributed by atoms with Crippen molar-refractivity contribution in [3.05, 3.63) is 23.9 Å². The Morgan fingerprint density at radius 3 is 2.52 bits per heavy atom. The average molecular weight is 339 g/mol. The van der Waals surface area contributed by atoms with Crippen LogP contribution in [0.2, 0.25) is 0 Å². The van der Waals surface area contributed by atoms with E-state index in [1.165, 1.54) is 6.08 Å². The van der Waals surface area contributed by atoms with Gasteiger partial charge in [-0.3, -0.25) is 9.59 Å². The molecule has 3 aliphatic rings. The molecule has 0 aromatic heterocycles. The maximum Gasteiger partial charge on any atom is 0.306 e. The van der Waals surface area contributed by atoms with Crippen LogP contribution in [0.5, 0.6) is 0 Å². The summed E-state index contributed by atoms with van der Waals surface area (Å²) in [4.78, 5) is 26.7. The second-order valence-corrected chi connectivity index (χ2v) is 7.51. The number of likely N-dealkylation sites (tertiary alicyclic amines) is 1. The molecule has 124 valence electrons. The van der Waals surface area contributed by atoms with Crippen LogP contribution in [0, 0.1) is 5.92 Å². The number of carboxylic acids is 1. The normalized spacial score (nSPS) is 23.8. The SMILES string of the molecule is O=C(O)C1CCN(C(=O)C2=CN3CCS(=O)(=O)N=C3C=C2)CC1. The van der Waals surface area contributed by atoms with Crippen molar-refractivity contribution in [2.45, 2.75) is 12.8 Å². The van der Waals surface area contributed by atoms with E-state index in [1.807, 2.05) is 0 Å². The van der Waals surface area contributed by atoms with Gasteiger partial charge in [0, 0.05) is 25.8 Å². The van der Waals surface area contributed by atoms with Crippen LogP contribution >= 0.6 is 0 Å². The third-order valence-electron chi connectivity index (χ3n) is 4.20. The van der Waals surface area contributed by atoms with Gasteiger partial charge in [0.05, 0.1) is 17.2 Å². The van der Waals surface area contributed by atoms with Crippen molar-refractivity contribution in [3.63, 3.8) is 0 Å². The Bertz CT molecular complexity index is 730. The van der Waals surface area contributed by atoms with Crippen LogP contribution in [0.15, 0.2) is 28.3 Å². The van der Waals surface area contributed by atoms with Gasteiger partial charge in [0.15, 0.2) is 0 Å². The Labute approximate surface area is 133 Å². The number of sulfonamides is 1. The van der Waals surface area contributed by atoms with Crippen LogP contribution in [0.3, 0.4) is 0 Å². The molecule has 3 aliphatic heterocycles. The lowest BCUT2D eigenvalue weighted by Gasteiger charge is -2.32. The van der Waals surface area contributed by atoms with E-state index in [-0.39, 0.29) is 24.1 Å². The van der Waals surface area contributed by atoms with Gasteiger partial charge in [-0.05, 0) is 25.0 Å². The lowest BCUT2D eigenvalue weighted by molar-refractivity contribution is -0.145. The lowest BCUT2D eigenvalue weighted by Crippen LogP contribution is -2.42. The quantitative estimate of drug-likeness (QED) is 0.747. The molecule has 0 spiro atoms. The van der Waals surface area contributed by atoms with Gasteiger partial charge in [0.25, 0.3) is 15.9 Å². The fourth-order valence-electron chi connectivity index (χ4n) is 2.84. The van der Waals surface area contributed by atoms with Crippen molar-refractivity contribution in [3.8, 4) is 0 Å². The first-order chi connectivity index (χ1) is 10.9. The molecule has 3 rings (SSSR count). The summed E-state index contributed by atoms with van der Waals surface area (Å²) < 4.78 is 26.6. The fraction of sp³-hybridized carbons (Fsp3) is 0.500. The molecule has 0 aliphatic carbocycles. The first-order valence-electron chi connectivity index (χ1n) is 7.37. The van der Waals surface area contributed by atoms with E-state index in [0.717, 1.165) is 0 Å². The zero-order valence-electron chi connectivity index (χ0n) is 12.4. The maximum atomic E-state index is 12.5. The molecule has 1 amide bonds. The Morgan fingerprint density at radius 2 is 1.87 bits per heavy atom. The summed E-state index contributed by atoms with van der Waals surface area (Å²) in [6.07, 6.45) is 5.59. The van der Waals surface area contributed by atoms with Crippen molar-refractivity contribution in [1.82, 2.24) is 9.80 Å². The first-order valence-corrected chi connectivity index (χ1v) is 8.98. The standard InChI is InChI=1S/C14H17N3O5S/c18-13(16-5-3-10(4-6-16)14(19)20)11-1-2-12-15-23(21,22)8-7-17(12)9-11/h1-2,9-10H,3-8H2,(H,19,20). The van der Waals surface area contributed by atoms with Gasteiger partial charge >= 0.3 is 5.97 Å². The fourth-order valence-corrected chi connectivity index (χ4v) is 3.81. The van der Waals surface area contributed by atoms with Gasteiger partial charge < -0.3 is 14.9 Å².